The Kier molecular flexibility index (Phi) is 5.77. The third-order valence-electron chi connectivity index (χ3n) is 4.03. The number of likely N-dealkylation sites (tertiary alicyclic amines) is 1. The first-order valence-corrected chi connectivity index (χ1v) is 6.95. The number of rotatable bonds is 7. The molecule has 1 aliphatic rings. The van der Waals surface area contributed by atoms with Crippen LogP contribution in [0.15, 0.2) is 0 Å². The van der Waals surface area contributed by atoms with Gasteiger partial charge in [0.25, 0.3) is 0 Å². The quantitative estimate of drug-likeness (QED) is 0.723. The van der Waals surface area contributed by atoms with Crippen molar-refractivity contribution in [1.29, 1.82) is 0 Å². The molecule has 0 spiro atoms. The third kappa shape index (κ3) is 4.42. The second-order valence-corrected chi connectivity index (χ2v) is 6.25. The molecule has 2 atom stereocenters. The smallest absolute Gasteiger partial charge is 0.00221 e. The molecule has 1 rings (SSSR count). The van der Waals surface area contributed by atoms with Crippen LogP contribution in [0.1, 0.15) is 40.5 Å². The minimum Gasteiger partial charge on any atom is -0.330 e. The monoisotopic (exact) mass is 226 g/mol. The van der Waals surface area contributed by atoms with Gasteiger partial charge >= 0.3 is 0 Å². The first-order chi connectivity index (χ1) is 7.52. The molecule has 1 aliphatic heterocycles. The Morgan fingerprint density at radius 2 is 1.75 bits per heavy atom. The lowest BCUT2D eigenvalue weighted by Gasteiger charge is -2.41. The number of hydrogen-bond acceptors (Lipinski definition) is 2. The van der Waals surface area contributed by atoms with Gasteiger partial charge in [-0.05, 0) is 36.6 Å². The van der Waals surface area contributed by atoms with Crippen LogP contribution in [-0.2, 0) is 0 Å². The molecule has 16 heavy (non-hydrogen) atoms. The van der Waals surface area contributed by atoms with Gasteiger partial charge in [-0.1, -0.05) is 34.1 Å². The normalized spacial score (nSPS) is 22.1. The Balaban J connectivity index is 2.05. The van der Waals surface area contributed by atoms with E-state index in [9.17, 15) is 0 Å². The summed E-state index contributed by atoms with van der Waals surface area (Å²) in [7, 11) is 0. The van der Waals surface area contributed by atoms with E-state index < -0.39 is 0 Å². The first kappa shape index (κ1) is 14.0. The molecule has 0 saturated carbocycles. The molecule has 1 heterocycles. The third-order valence-corrected chi connectivity index (χ3v) is 4.03. The van der Waals surface area contributed by atoms with Crippen molar-refractivity contribution in [2.24, 2.45) is 29.4 Å². The maximum Gasteiger partial charge on any atom is 0.00221 e. The van der Waals surface area contributed by atoms with Crippen LogP contribution in [0.25, 0.3) is 0 Å². The molecule has 1 saturated heterocycles. The summed E-state index contributed by atoms with van der Waals surface area (Å²) in [4.78, 5) is 2.59. The molecule has 0 amide bonds. The molecule has 0 aliphatic carbocycles. The predicted octanol–water partition coefficient (Wildman–Crippen LogP) is 2.59. The van der Waals surface area contributed by atoms with E-state index in [4.69, 9.17) is 5.73 Å². The summed E-state index contributed by atoms with van der Waals surface area (Å²) in [6.07, 6.45) is 2.76. The van der Waals surface area contributed by atoms with Crippen LogP contribution in [0.5, 0.6) is 0 Å². The Labute approximate surface area is 102 Å². The highest BCUT2D eigenvalue weighted by Gasteiger charge is 2.27. The van der Waals surface area contributed by atoms with Gasteiger partial charge in [0.05, 0.1) is 0 Å². The molecule has 2 unspecified atom stereocenters. The van der Waals surface area contributed by atoms with E-state index in [2.05, 4.69) is 32.6 Å². The van der Waals surface area contributed by atoms with Crippen LogP contribution in [0, 0.1) is 23.7 Å². The van der Waals surface area contributed by atoms with E-state index in [0.717, 1.165) is 24.3 Å². The number of nitrogens with two attached hydrogens (primary N) is 1. The second-order valence-electron chi connectivity index (χ2n) is 6.25. The van der Waals surface area contributed by atoms with Crippen LogP contribution in [0.2, 0.25) is 0 Å². The summed E-state index contributed by atoms with van der Waals surface area (Å²) in [5.41, 5.74) is 5.69. The molecular formula is C14H30N2. The van der Waals surface area contributed by atoms with Crippen molar-refractivity contribution in [3.8, 4) is 0 Å². The molecule has 0 aromatic carbocycles. The van der Waals surface area contributed by atoms with Gasteiger partial charge in [0, 0.05) is 19.6 Å². The van der Waals surface area contributed by atoms with E-state index >= 15 is 0 Å². The average molecular weight is 226 g/mol. The van der Waals surface area contributed by atoms with Gasteiger partial charge in [0.2, 0.25) is 0 Å². The molecule has 2 heteroatoms. The predicted molar refractivity (Wildman–Crippen MR) is 71.4 cm³/mol. The van der Waals surface area contributed by atoms with Crippen molar-refractivity contribution in [1.82, 2.24) is 4.90 Å². The summed E-state index contributed by atoms with van der Waals surface area (Å²) < 4.78 is 0. The van der Waals surface area contributed by atoms with Gasteiger partial charge in [-0.2, -0.15) is 0 Å². The van der Waals surface area contributed by atoms with Crippen molar-refractivity contribution in [2.45, 2.75) is 40.5 Å². The molecule has 96 valence electrons. The van der Waals surface area contributed by atoms with Gasteiger partial charge in [0.1, 0.15) is 0 Å². The maximum absolute atomic E-state index is 5.69. The molecular weight excluding hydrogens is 196 g/mol. The van der Waals surface area contributed by atoms with Crippen molar-refractivity contribution in [3.05, 3.63) is 0 Å². The molecule has 0 aromatic rings. The van der Waals surface area contributed by atoms with Gasteiger partial charge in [-0.3, -0.25) is 0 Å². The lowest BCUT2D eigenvalue weighted by molar-refractivity contribution is 0.0757. The molecule has 2 N–H and O–H groups in total. The number of nitrogens with zero attached hydrogens (tertiary/aromatic N) is 1. The Hall–Kier alpha value is -0.0800. The second kappa shape index (κ2) is 6.61. The summed E-state index contributed by atoms with van der Waals surface area (Å²) in [5, 5.41) is 0. The molecule has 2 nitrogen and oxygen atoms in total. The summed E-state index contributed by atoms with van der Waals surface area (Å²) in [5.74, 6) is 3.26. The Morgan fingerprint density at radius 1 is 1.12 bits per heavy atom. The van der Waals surface area contributed by atoms with E-state index in [1.54, 1.807) is 0 Å². The largest absolute Gasteiger partial charge is 0.330 e. The van der Waals surface area contributed by atoms with E-state index in [-0.39, 0.29) is 0 Å². The Morgan fingerprint density at radius 3 is 2.25 bits per heavy atom. The fourth-order valence-electron chi connectivity index (χ4n) is 2.54. The van der Waals surface area contributed by atoms with Crippen LogP contribution >= 0.6 is 0 Å². The van der Waals surface area contributed by atoms with E-state index in [1.165, 1.54) is 32.5 Å². The van der Waals surface area contributed by atoms with Crippen molar-refractivity contribution in [3.63, 3.8) is 0 Å². The molecule has 0 bridgehead atoms. The van der Waals surface area contributed by atoms with Crippen LogP contribution in [-0.4, -0.2) is 31.1 Å². The standard InChI is InChI=1S/C14H30N2/c1-11(2)8-16-9-14(10-16)6-5-12(3)13(4)7-15/h11-14H,5-10,15H2,1-4H3. The number of hydrogen-bond donors (Lipinski definition) is 1. The van der Waals surface area contributed by atoms with E-state index in [1.807, 2.05) is 0 Å². The zero-order valence-electron chi connectivity index (χ0n) is 11.6. The molecule has 0 radical (unpaired) electrons. The van der Waals surface area contributed by atoms with E-state index in [0.29, 0.717) is 5.92 Å². The highest BCUT2D eigenvalue weighted by Crippen LogP contribution is 2.25. The highest BCUT2D eigenvalue weighted by atomic mass is 15.2. The minimum atomic E-state index is 0.687. The molecule has 0 aromatic heterocycles. The lowest BCUT2D eigenvalue weighted by atomic mass is 9.85. The van der Waals surface area contributed by atoms with Gasteiger partial charge in [-0.25, -0.2) is 0 Å². The molecule has 1 fully saturated rings. The zero-order chi connectivity index (χ0) is 12.1. The van der Waals surface area contributed by atoms with Crippen molar-refractivity contribution >= 4 is 0 Å². The Bertz CT molecular complexity index is 185. The van der Waals surface area contributed by atoms with Gasteiger partial charge in [0.15, 0.2) is 0 Å². The maximum atomic E-state index is 5.69. The van der Waals surface area contributed by atoms with Gasteiger partial charge < -0.3 is 10.6 Å². The summed E-state index contributed by atoms with van der Waals surface area (Å²) in [6, 6.07) is 0. The fraction of sp³-hybridized carbons (Fsp3) is 1.00. The average Bonchev–Trinajstić information content (AvgIpc) is 2.18. The highest BCUT2D eigenvalue weighted by molar-refractivity contribution is 4.81. The zero-order valence-corrected chi connectivity index (χ0v) is 11.6. The SMILES string of the molecule is CC(C)CN1CC(CCC(C)C(C)CN)C1. The van der Waals surface area contributed by atoms with Crippen LogP contribution in [0.4, 0.5) is 0 Å². The summed E-state index contributed by atoms with van der Waals surface area (Å²) in [6.45, 7) is 14.0. The van der Waals surface area contributed by atoms with Crippen LogP contribution < -0.4 is 5.73 Å². The van der Waals surface area contributed by atoms with Crippen molar-refractivity contribution < 1.29 is 0 Å². The first-order valence-electron chi connectivity index (χ1n) is 6.95. The fourth-order valence-corrected chi connectivity index (χ4v) is 2.54. The van der Waals surface area contributed by atoms with Crippen molar-refractivity contribution in [2.75, 3.05) is 26.2 Å². The topological polar surface area (TPSA) is 29.3 Å². The lowest BCUT2D eigenvalue weighted by Crippen LogP contribution is -2.48. The van der Waals surface area contributed by atoms with Crippen LogP contribution in [0.3, 0.4) is 0 Å². The minimum absolute atomic E-state index is 0.687. The summed E-state index contributed by atoms with van der Waals surface area (Å²) >= 11 is 0. The van der Waals surface area contributed by atoms with Gasteiger partial charge in [-0.15, -0.1) is 0 Å².